The molecule has 0 radical (unpaired) electrons. The van der Waals surface area contributed by atoms with Crippen molar-refractivity contribution in [1.82, 2.24) is 4.90 Å². The molecule has 0 bridgehead atoms. The maximum absolute atomic E-state index is 14.4. The topological polar surface area (TPSA) is 104 Å². The minimum atomic E-state index is -4.14. The van der Waals surface area contributed by atoms with E-state index in [1.165, 1.54) is 46.6 Å². The summed E-state index contributed by atoms with van der Waals surface area (Å²) in [6.07, 6.45) is 0.921. The van der Waals surface area contributed by atoms with Gasteiger partial charge in [-0.2, -0.15) is 0 Å². The van der Waals surface area contributed by atoms with Gasteiger partial charge in [0.2, 0.25) is 0 Å². The fraction of sp³-hybridized carbons (Fsp3) is 0.250. The molecule has 242 valence electrons. The number of fused-ring (bicyclic) bond motifs is 1. The van der Waals surface area contributed by atoms with Gasteiger partial charge >= 0.3 is 0 Å². The van der Waals surface area contributed by atoms with Crippen LogP contribution in [0.3, 0.4) is 0 Å². The number of benzene rings is 4. The van der Waals surface area contributed by atoms with E-state index in [0.717, 1.165) is 0 Å². The lowest BCUT2D eigenvalue weighted by Crippen LogP contribution is -2.38. The smallest absolute Gasteiger partial charge is 0.266 e. The number of nitrogens with zero attached hydrogens (tertiary/aromatic N) is 3. The minimum Gasteiger partial charge on any atom is -0.495 e. The fourth-order valence-corrected chi connectivity index (χ4v) is 8.03. The lowest BCUT2D eigenvalue weighted by atomic mass is 9.88. The van der Waals surface area contributed by atoms with Gasteiger partial charge in [0.25, 0.3) is 21.8 Å². The van der Waals surface area contributed by atoms with E-state index in [-0.39, 0.29) is 29.7 Å². The normalized spacial score (nSPS) is 15.1. The first kappa shape index (κ1) is 31.9. The molecule has 0 spiro atoms. The molecule has 6 rings (SSSR count). The summed E-state index contributed by atoms with van der Waals surface area (Å²) in [5.41, 5.74) is 2.49. The zero-order valence-electron chi connectivity index (χ0n) is 26.1. The van der Waals surface area contributed by atoms with Crippen LogP contribution in [0.25, 0.3) is 0 Å². The summed E-state index contributed by atoms with van der Waals surface area (Å²) in [5.74, 6) is -1.21. The second kappa shape index (κ2) is 13.0. The minimum absolute atomic E-state index is 0.0385. The summed E-state index contributed by atoms with van der Waals surface area (Å²) in [6.45, 7) is 2.61. The number of hydrogen-bond donors (Lipinski definition) is 0. The highest BCUT2D eigenvalue weighted by Crippen LogP contribution is 2.38. The molecule has 47 heavy (non-hydrogen) atoms. The van der Waals surface area contributed by atoms with Crippen LogP contribution in [-0.4, -0.2) is 57.7 Å². The van der Waals surface area contributed by atoms with E-state index in [2.05, 4.69) is 0 Å². The number of ketones is 1. The standard InChI is InChI=1S/C36H34FN3O6S/c1-3-40(30-10-6-7-11-32(30)46-2)47(44,45)33-17-12-24(23-39-35(42)28-8-4-5-9-29(28)36(39)43)22-31(33)38-20-18-26(19-21-38)34(41)25-13-15-27(37)16-14-25/h4-17,22,26H,3,18-21,23H2,1-2H3. The van der Waals surface area contributed by atoms with Crippen molar-refractivity contribution in [2.24, 2.45) is 5.92 Å². The van der Waals surface area contributed by atoms with E-state index in [4.69, 9.17) is 4.74 Å². The molecule has 2 aliphatic rings. The number of methoxy groups -OCH3 is 1. The third-order valence-corrected chi connectivity index (χ3v) is 10.7. The van der Waals surface area contributed by atoms with Crippen molar-refractivity contribution in [3.63, 3.8) is 0 Å². The van der Waals surface area contributed by atoms with Crippen molar-refractivity contribution in [1.29, 1.82) is 0 Å². The maximum atomic E-state index is 14.4. The largest absolute Gasteiger partial charge is 0.495 e. The summed E-state index contributed by atoms with van der Waals surface area (Å²) < 4.78 is 49.1. The number of halogens is 1. The van der Waals surface area contributed by atoms with Crippen molar-refractivity contribution in [2.75, 3.05) is 35.9 Å². The van der Waals surface area contributed by atoms with Crippen LogP contribution in [0.4, 0.5) is 15.8 Å². The Labute approximate surface area is 273 Å². The Kier molecular flexibility index (Phi) is 8.83. The Morgan fingerprint density at radius 2 is 1.51 bits per heavy atom. The zero-order valence-corrected chi connectivity index (χ0v) is 26.9. The number of Topliss-reactive ketones (excluding diaryl/α,β-unsaturated/α-hetero) is 1. The second-order valence-corrected chi connectivity index (χ2v) is 13.3. The first-order valence-electron chi connectivity index (χ1n) is 15.4. The van der Waals surface area contributed by atoms with Gasteiger partial charge in [-0.05, 0) is 86.0 Å². The Morgan fingerprint density at radius 3 is 2.13 bits per heavy atom. The Hall–Kier alpha value is -5.03. The van der Waals surface area contributed by atoms with Crippen molar-refractivity contribution in [3.8, 4) is 5.75 Å². The molecule has 1 saturated heterocycles. The highest BCUT2D eigenvalue weighted by atomic mass is 32.2. The summed E-state index contributed by atoms with van der Waals surface area (Å²) in [4.78, 5) is 42.6. The number of rotatable bonds is 10. The average molecular weight is 656 g/mol. The summed E-state index contributed by atoms with van der Waals surface area (Å²) in [7, 11) is -2.66. The number of amides is 2. The van der Waals surface area contributed by atoms with E-state index in [9.17, 15) is 27.2 Å². The van der Waals surface area contributed by atoms with Gasteiger partial charge in [0.1, 0.15) is 16.5 Å². The van der Waals surface area contributed by atoms with Gasteiger partial charge in [-0.1, -0.05) is 30.3 Å². The molecular formula is C36H34FN3O6S. The third kappa shape index (κ3) is 5.98. The van der Waals surface area contributed by atoms with Gasteiger partial charge in [0, 0.05) is 31.1 Å². The molecule has 1 fully saturated rings. The van der Waals surface area contributed by atoms with E-state index in [1.807, 2.05) is 4.90 Å². The molecule has 4 aromatic carbocycles. The van der Waals surface area contributed by atoms with Crippen LogP contribution in [-0.2, 0) is 16.6 Å². The number of piperidine rings is 1. The lowest BCUT2D eigenvalue weighted by molar-refractivity contribution is 0.0642. The van der Waals surface area contributed by atoms with Gasteiger partial charge in [-0.15, -0.1) is 0 Å². The molecule has 0 aliphatic carbocycles. The van der Waals surface area contributed by atoms with Gasteiger partial charge < -0.3 is 9.64 Å². The SMILES string of the molecule is CCN(c1ccccc1OC)S(=O)(=O)c1ccc(CN2C(=O)c3ccccc3C2=O)cc1N1CCC(C(=O)c2ccc(F)cc2)CC1. The zero-order chi connectivity index (χ0) is 33.3. The van der Waals surface area contributed by atoms with Crippen LogP contribution in [0.5, 0.6) is 5.75 Å². The molecule has 4 aromatic rings. The number of anilines is 2. The number of para-hydroxylation sites is 2. The van der Waals surface area contributed by atoms with Crippen LogP contribution in [0.15, 0.2) is 95.9 Å². The van der Waals surface area contributed by atoms with Gasteiger partial charge in [0.15, 0.2) is 5.78 Å². The predicted molar refractivity (Wildman–Crippen MR) is 176 cm³/mol. The average Bonchev–Trinajstić information content (AvgIpc) is 3.33. The van der Waals surface area contributed by atoms with E-state index >= 15 is 0 Å². The van der Waals surface area contributed by atoms with Crippen molar-refractivity contribution in [3.05, 3.63) is 119 Å². The number of ether oxygens (including phenoxy) is 1. The molecule has 0 aromatic heterocycles. The first-order valence-corrected chi connectivity index (χ1v) is 16.9. The van der Waals surface area contributed by atoms with E-state index in [0.29, 0.717) is 65.3 Å². The van der Waals surface area contributed by atoms with Crippen LogP contribution < -0.4 is 13.9 Å². The van der Waals surface area contributed by atoms with Crippen molar-refractivity contribution >= 4 is 39.0 Å². The fourth-order valence-electron chi connectivity index (χ4n) is 6.35. The highest BCUT2D eigenvalue weighted by Gasteiger charge is 2.36. The molecule has 2 aliphatic heterocycles. The molecule has 2 amide bonds. The molecule has 0 N–H and O–H groups in total. The van der Waals surface area contributed by atoms with Gasteiger partial charge in [-0.3, -0.25) is 23.6 Å². The Bertz CT molecular complexity index is 1920. The second-order valence-electron chi connectivity index (χ2n) is 11.5. The van der Waals surface area contributed by atoms with E-state index in [1.54, 1.807) is 67.6 Å². The maximum Gasteiger partial charge on any atom is 0.266 e. The molecule has 2 heterocycles. The third-order valence-electron chi connectivity index (χ3n) is 8.79. The molecule has 0 saturated carbocycles. The first-order chi connectivity index (χ1) is 22.6. The number of sulfonamides is 1. The number of carbonyl (C=O) groups excluding carboxylic acids is 3. The summed E-state index contributed by atoms with van der Waals surface area (Å²) in [6, 6.07) is 23.9. The predicted octanol–water partition coefficient (Wildman–Crippen LogP) is 5.95. The van der Waals surface area contributed by atoms with Gasteiger partial charge in [-0.25, -0.2) is 12.8 Å². The molecule has 0 atom stereocenters. The Balaban J connectivity index is 1.34. The Morgan fingerprint density at radius 1 is 0.894 bits per heavy atom. The molecule has 11 heteroatoms. The van der Waals surface area contributed by atoms with Crippen LogP contribution in [0.2, 0.25) is 0 Å². The monoisotopic (exact) mass is 655 g/mol. The summed E-state index contributed by atoms with van der Waals surface area (Å²) >= 11 is 0. The van der Waals surface area contributed by atoms with Gasteiger partial charge in [0.05, 0.1) is 36.2 Å². The molecular weight excluding hydrogens is 621 g/mol. The van der Waals surface area contributed by atoms with Crippen molar-refractivity contribution in [2.45, 2.75) is 31.2 Å². The van der Waals surface area contributed by atoms with Crippen LogP contribution in [0, 0.1) is 11.7 Å². The van der Waals surface area contributed by atoms with Crippen LogP contribution >= 0.6 is 0 Å². The molecule has 0 unspecified atom stereocenters. The number of imide groups is 1. The summed E-state index contributed by atoms with van der Waals surface area (Å²) in [5, 5.41) is 0. The lowest BCUT2D eigenvalue weighted by Gasteiger charge is -2.35. The van der Waals surface area contributed by atoms with E-state index < -0.39 is 27.7 Å². The van der Waals surface area contributed by atoms with Crippen molar-refractivity contribution < 1.29 is 31.9 Å². The highest BCUT2D eigenvalue weighted by molar-refractivity contribution is 7.93. The number of hydrogen-bond acceptors (Lipinski definition) is 7. The van der Waals surface area contributed by atoms with Crippen LogP contribution in [0.1, 0.15) is 56.4 Å². The number of carbonyl (C=O) groups is 3. The molecule has 9 nitrogen and oxygen atoms in total. The quantitative estimate of drug-likeness (QED) is 0.154.